The average molecular weight is 431 g/mol. The molecule has 0 aliphatic carbocycles. The molecule has 0 radical (unpaired) electrons. The van der Waals surface area contributed by atoms with Crippen LogP contribution >= 0.6 is 0 Å². The quantitative estimate of drug-likeness (QED) is 0.456. The Morgan fingerprint density at radius 1 is 1.03 bits per heavy atom. The van der Waals surface area contributed by atoms with Gasteiger partial charge in [-0.3, -0.25) is 15.0 Å². The molecule has 0 amide bonds. The molecule has 2 heterocycles. The molecule has 4 rings (SSSR count). The van der Waals surface area contributed by atoms with Crippen LogP contribution in [0.4, 0.5) is 24.5 Å². The number of rotatable bonds is 4. The summed E-state index contributed by atoms with van der Waals surface area (Å²) in [7, 11) is 0. The minimum atomic E-state index is -4.62. The maximum Gasteiger partial charge on any atom is 0.416 e. The second-order valence-corrected chi connectivity index (χ2v) is 7.47. The number of hydrogen-bond donors (Lipinski definition) is 0. The first-order valence-corrected chi connectivity index (χ1v) is 9.77. The molecule has 162 valence electrons. The van der Waals surface area contributed by atoms with Crippen molar-refractivity contribution < 1.29 is 18.1 Å². The number of nitro benzene ring substituents is 1. The second-order valence-electron chi connectivity index (χ2n) is 7.47. The Hall–Kier alpha value is -3.27. The summed E-state index contributed by atoms with van der Waals surface area (Å²) in [5, 5.41) is 11.4. The number of para-hydroxylation sites is 2. The summed E-state index contributed by atoms with van der Waals surface area (Å²) < 4.78 is 38.8. The molecule has 2 aromatic carbocycles. The number of alkyl halides is 3. The number of aryl methyl sites for hydroxylation is 1. The number of benzene rings is 2. The van der Waals surface area contributed by atoms with Crippen LogP contribution in [0.5, 0.6) is 0 Å². The van der Waals surface area contributed by atoms with Crippen molar-refractivity contribution in [2.24, 2.45) is 0 Å². The van der Waals surface area contributed by atoms with E-state index in [-0.39, 0.29) is 5.69 Å². The summed E-state index contributed by atoms with van der Waals surface area (Å²) in [6, 6.07) is 10.3. The molecule has 1 aliphatic heterocycles. The van der Waals surface area contributed by atoms with Crippen LogP contribution in [0.15, 0.2) is 42.5 Å². The average Bonchev–Trinajstić information content (AvgIpc) is 2.74. The number of nitro groups is 1. The largest absolute Gasteiger partial charge is 0.416 e. The first-order chi connectivity index (χ1) is 14.7. The highest BCUT2D eigenvalue weighted by Gasteiger charge is 2.34. The molecular formula is C21H20F3N5O2. The van der Waals surface area contributed by atoms with Gasteiger partial charge in [0.2, 0.25) is 0 Å². The zero-order valence-electron chi connectivity index (χ0n) is 16.8. The molecule has 1 fully saturated rings. The Labute approximate surface area is 176 Å². The minimum absolute atomic E-state index is 0.208. The van der Waals surface area contributed by atoms with Crippen LogP contribution < -0.4 is 4.90 Å². The van der Waals surface area contributed by atoms with Crippen molar-refractivity contribution in [2.75, 3.05) is 31.1 Å². The van der Waals surface area contributed by atoms with Crippen LogP contribution in [0.25, 0.3) is 11.0 Å². The Morgan fingerprint density at radius 3 is 2.29 bits per heavy atom. The molecule has 0 N–H and O–H groups in total. The fourth-order valence-corrected chi connectivity index (χ4v) is 3.75. The highest BCUT2D eigenvalue weighted by atomic mass is 19.4. The molecular weight excluding hydrogens is 411 g/mol. The third-order valence-corrected chi connectivity index (χ3v) is 5.43. The van der Waals surface area contributed by atoms with E-state index >= 15 is 0 Å². The monoisotopic (exact) mass is 431 g/mol. The molecule has 0 unspecified atom stereocenters. The maximum absolute atomic E-state index is 12.9. The fourth-order valence-electron chi connectivity index (χ4n) is 3.75. The molecule has 3 aromatic rings. The molecule has 7 nitrogen and oxygen atoms in total. The van der Waals surface area contributed by atoms with Crippen molar-refractivity contribution in [2.45, 2.75) is 19.6 Å². The molecule has 1 saturated heterocycles. The summed E-state index contributed by atoms with van der Waals surface area (Å²) in [5.41, 5.74) is 2.03. The number of anilines is 1. The number of nitrogens with zero attached hydrogens (tertiary/aromatic N) is 5. The van der Waals surface area contributed by atoms with Gasteiger partial charge in [0.1, 0.15) is 5.69 Å². The number of piperazine rings is 1. The van der Waals surface area contributed by atoms with Gasteiger partial charge in [0, 0.05) is 38.8 Å². The number of aromatic nitrogens is 2. The third kappa shape index (κ3) is 4.43. The summed E-state index contributed by atoms with van der Waals surface area (Å²) in [6.07, 6.45) is -4.62. The summed E-state index contributed by atoms with van der Waals surface area (Å²) in [4.78, 5) is 23.8. The summed E-state index contributed by atoms with van der Waals surface area (Å²) >= 11 is 0. The number of hydrogen-bond acceptors (Lipinski definition) is 6. The van der Waals surface area contributed by atoms with Gasteiger partial charge in [-0.25, -0.2) is 9.97 Å². The lowest BCUT2D eigenvalue weighted by molar-refractivity contribution is -0.384. The van der Waals surface area contributed by atoms with Gasteiger partial charge in [0.05, 0.1) is 32.9 Å². The zero-order chi connectivity index (χ0) is 22.2. The molecule has 0 saturated carbocycles. The van der Waals surface area contributed by atoms with Crippen LogP contribution in [0.3, 0.4) is 0 Å². The fraction of sp³-hybridized carbons (Fsp3) is 0.333. The summed E-state index contributed by atoms with van der Waals surface area (Å²) in [5.74, 6) is 0. The van der Waals surface area contributed by atoms with Crippen molar-refractivity contribution in [3.8, 4) is 0 Å². The Balaban J connectivity index is 1.48. The lowest BCUT2D eigenvalue weighted by Crippen LogP contribution is -2.46. The predicted octanol–water partition coefficient (Wildman–Crippen LogP) is 4.19. The number of halogens is 3. The Bertz CT molecular complexity index is 1130. The maximum atomic E-state index is 12.9. The molecule has 31 heavy (non-hydrogen) atoms. The van der Waals surface area contributed by atoms with E-state index in [9.17, 15) is 23.3 Å². The van der Waals surface area contributed by atoms with Crippen molar-refractivity contribution >= 4 is 22.4 Å². The molecule has 1 aliphatic rings. The third-order valence-electron chi connectivity index (χ3n) is 5.43. The molecule has 0 bridgehead atoms. The zero-order valence-corrected chi connectivity index (χ0v) is 16.8. The standard InChI is InChI=1S/C21H20F3N5O2/c1-14-18(26-17-5-3-2-4-16(17)25-14)13-27-8-10-28(11-9-27)19-7-6-15(21(22,23)24)12-20(19)29(30)31/h2-7,12H,8-11,13H2,1H3. The van der Waals surface area contributed by atoms with Gasteiger partial charge in [0.25, 0.3) is 5.69 Å². The van der Waals surface area contributed by atoms with Gasteiger partial charge in [-0.2, -0.15) is 13.2 Å². The van der Waals surface area contributed by atoms with E-state index < -0.39 is 22.4 Å². The predicted molar refractivity (Wildman–Crippen MR) is 110 cm³/mol. The van der Waals surface area contributed by atoms with Gasteiger partial charge in [-0.1, -0.05) is 12.1 Å². The lowest BCUT2D eigenvalue weighted by atomic mass is 10.1. The SMILES string of the molecule is Cc1nc2ccccc2nc1CN1CCN(c2ccc(C(F)(F)F)cc2[N+](=O)[O-])CC1. The highest BCUT2D eigenvalue weighted by molar-refractivity contribution is 5.74. The molecule has 0 spiro atoms. The first-order valence-electron chi connectivity index (χ1n) is 9.77. The normalized spacial score (nSPS) is 15.4. The van der Waals surface area contributed by atoms with E-state index in [4.69, 9.17) is 4.98 Å². The van der Waals surface area contributed by atoms with Crippen molar-refractivity contribution in [1.82, 2.24) is 14.9 Å². The first kappa shape index (κ1) is 21.0. The van der Waals surface area contributed by atoms with Crippen LogP contribution in [0, 0.1) is 17.0 Å². The van der Waals surface area contributed by atoms with Crippen LogP contribution in [0.2, 0.25) is 0 Å². The van der Waals surface area contributed by atoms with Gasteiger partial charge in [-0.05, 0) is 31.2 Å². The van der Waals surface area contributed by atoms with Gasteiger partial charge in [-0.15, -0.1) is 0 Å². The summed E-state index contributed by atoms with van der Waals surface area (Å²) in [6.45, 7) is 4.64. The highest BCUT2D eigenvalue weighted by Crippen LogP contribution is 2.36. The van der Waals surface area contributed by atoms with Gasteiger partial charge in [0.15, 0.2) is 0 Å². The van der Waals surface area contributed by atoms with Crippen molar-refractivity contribution in [1.29, 1.82) is 0 Å². The van der Waals surface area contributed by atoms with E-state index in [1.165, 1.54) is 6.07 Å². The van der Waals surface area contributed by atoms with Crippen LogP contribution in [0.1, 0.15) is 17.0 Å². The molecule has 10 heteroatoms. The van der Waals surface area contributed by atoms with Crippen molar-refractivity contribution in [3.05, 3.63) is 69.5 Å². The van der Waals surface area contributed by atoms with E-state index in [0.717, 1.165) is 28.5 Å². The van der Waals surface area contributed by atoms with Crippen molar-refractivity contribution in [3.63, 3.8) is 0 Å². The van der Waals surface area contributed by atoms with E-state index in [2.05, 4.69) is 9.88 Å². The smallest absolute Gasteiger partial charge is 0.363 e. The Kier molecular flexibility index (Phi) is 5.48. The van der Waals surface area contributed by atoms with Crippen LogP contribution in [-0.2, 0) is 12.7 Å². The van der Waals surface area contributed by atoms with E-state index in [1.54, 1.807) is 4.90 Å². The number of fused-ring (bicyclic) bond motifs is 1. The van der Waals surface area contributed by atoms with Gasteiger partial charge >= 0.3 is 6.18 Å². The van der Waals surface area contributed by atoms with Gasteiger partial charge < -0.3 is 4.90 Å². The Morgan fingerprint density at radius 2 is 1.68 bits per heavy atom. The van der Waals surface area contributed by atoms with E-state index in [0.29, 0.717) is 38.8 Å². The van der Waals surface area contributed by atoms with Crippen LogP contribution in [-0.4, -0.2) is 46.0 Å². The minimum Gasteiger partial charge on any atom is -0.363 e. The van der Waals surface area contributed by atoms with E-state index in [1.807, 2.05) is 31.2 Å². The molecule has 1 aromatic heterocycles. The lowest BCUT2D eigenvalue weighted by Gasteiger charge is -2.35. The topological polar surface area (TPSA) is 75.4 Å². The molecule has 0 atom stereocenters. The second kappa shape index (κ2) is 8.10.